The van der Waals surface area contributed by atoms with Gasteiger partial charge in [-0.1, -0.05) is 31.9 Å². The van der Waals surface area contributed by atoms with Gasteiger partial charge in [-0.15, -0.1) is 0 Å². The molecule has 0 aromatic rings. The average Bonchev–Trinajstić information content (AvgIpc) is 2.45. The molecule has 2 aliphatic carbocycles. The number of nitrogens with one attached hydrogen (secondary N) is 1. The van der Waals surface area contributed by atoms with E-state index in [2.05, 4.69) is 12.2 Å². The zero-order valence-electron chi connectivity index (χ0n) is 12.2. The van der Waals surface area contributed by atoms with Crippen LogP contribution >= 0.6 is 0 Å². The van der Waals surface area contributed by atoms with Gasteiger partial charge >= 0.3 is 5.97 Å². The number of carbonyl (C=O) groups is 2. The number of rotatable bonds is 4. The second-order valence-electron chi connectivity index (χ2n) is 6.38. The molecule has 0 bridgehead atoms. The minimum Gasteiger partial charge on any atom is -0.481 e. The minimum atomic E-state index is -0.860. The Hall–Kier alpha value is -1.32. The Morgan fingerprint density at radius 3 is 2.55 bits per heavy atom. The highest BCUT2D eigenvalue weighted by molar-refractivity contribution is 5.85. The van der Waals surface area contributed by atoms with Gasteiger partial charge in [0.2, 0.25) is 5.91 Å². The van der Waals surface area contributed by atoms with Crippen molar-refractivity contribution in [2.24, 2.45) is 23.7 Å². The summed E-state index contributed by atoms with van der Waals surface area (Å²) in [4.78, 5) is 23.4. The lowest BCUT2D eigenvalue weighted by Crippen LogP contribution is -2.41. The maximum absolute atomic E-state index is 12.2. The Morgan fingerprint density at radius 2 is 1.90 bits per heavy atom. The molecule has 20 heavy (non-hydrogen) atoms. The molecule has 2 N–H and O–H groups in total. The Balaban J connectivity index is 1.84. The molecule has 4 nitrogen and oxygen atoms in total. The van der Waals surface area contributed by atoms with Crippen molar-refractivity contribution < 1.29 is 14.7 Å². The molecule has 0 radical (unpaired) electrons. The quantitative estimate of drug-likeness (QED) is 0.777. The summed E-state index contributed by atoms with van der Waals surface area (Å²) in [6.07, 6.45) is 9.69. The van der Waals surface area contributed by atoms with E-state index in [-0.39, 0.29) is 5.91 Å². The zero-order valence-corrected chi connectivity index (χ0v) is 12.2. The second kappa shape index (κ2) is 6.91. The minimum absolute atomic E-state index is 0.0834. The summed E-state index contributed by atoms with van der Waals surface area (Å²) in [6, 6.07) is 0. The van der Waals surface area contributed by atoms with Gasteiger partial charge in [-0.2, -0.15) is 0 Å². The molecule has 0 aromatic carbocycles. The van der Waals surface area contributed by atoms with E-state index in [1.165, 1.54) is 25.7 Å². The molecule has 4 heteroatoms. The number of allylic oxidation sites excluding steroid dienone is 2. The lowest BCUT2D eigenvalue weighted by molar-refractivity contribution is -0.147. The molecule has 2 rings (SSSR count). The highest BCUT2D eigenvalue weighted by atomic mass is 16.4. The SMILES string of the molecule is CC1CCCC(CNC(=O)C2CC=CCC2C(=O)O)C1. The standard InChI is InChI=1S/C16H25NO3/c1-11-5-4-6-12(9-11)10-17-15(18)13-7-2-3-8-14(13)16(19)20/h2-3,11-14H,4-10H2,1H3,(H,17,18)(H,19,20). The number of aliphatic carboxylic acids is 1. The Morgan fingerprint density at radius 1 is 1.20 bits per heavy atom. The maximum atomic E-state index is 12.2. The Bertz CT molecular complexity index is 391. The van der Waals surface area contributed by atoms with Crippen molar-refractivity contribution in [2.75, 3.05) is 6.54 Å². The van der Waals surface area contributed by atoms with E-state index in [1.54, 1.807) is 0 Å². The summed E-state index contributed by atoms with van der Waals surface area (Å²) in [5, 5.41) is 12.2. The van der Waals surface area contributed by atoms with Crippen LogP contribution in [0.3, 0.4) is 0 Å². The molecule has 4 atom stereocenters. The van der Waals surface area contributed by atoms with Crippen LogP contribution in [0.4, 0.5) is 0 Å². The lowest BCUT2D eigenvalue weighted by Gasteiger charge is -2.29. The number of hydrogen-bond donors (Lipinski definition) is 2. The molecule has 0 aromatic heterocycles. The fourth-order valence-electron chi connectivity index (χ4n) is 3.50. The highest BCUT2D eigenvalue weighted by Crippen LogP contribution is 2.29. The molecule has 1 saturated carbocycles. The van der Waals surface area contributed by atoms with Crippen molar-refractivity contribution in [2.45, 2.75) is 45.4 Å². The molecule has 0 spiro atoms. The Kier molecular flexibility index (Phi) is 5.21. The van der Waals surface area contributed by atoms with Crippen molar-refractivity contribution in [3.8, 4) is 0 Å². The lowest BCUT2D eigenvalue weighted by atomic mass is 9.81. The van der Waals surface area contributed by atoms with Gasteiger partial charge in [0.15, 0.2) is 0 Å². The van der Waals surface area contributed by atoms with Crippen LogP contribution in [0.25, 0.3) is 0 Å². The first-order valence-electron chi connectivity index (χ1n) is 7.73. The summed E-state index contributed by atoms with van der Waals surface area (Å²) in [6.45, 7) is 2.97. The molecule has 4 unspecified atom stereocenters. The number of carboxylic acid groups (broad SMARTS) is 1. The molecule has 2 aliphatic rings. The summed E-state index contributed by atoms with van der Waals surface area (Å²) >= 11 is 0. The number of amides is 1. The van der Waals surface area contributed by atoms with Crippen molar-refractivity contribution >= 4 is 11.9 Å². The summed E-state index contributed by atoms with van der Waals surface area (Å²) in [5.74, 6) is -0.607. The first kappa shape index (κ1) is 15.1. The molecular formula is C16H25NO3. The third-order valence-corrected chi connectivity index (χ3v) is 4.70. The first-order valence-corrected chi connectivity index (χ1v) is 7.73. The third-order valence-electron chi connectivity index (χ3n) is 4.70. The molecular weight excluding hydrogens is 254 g/mol. The van der Waals surface area contributed by atoms with Gasteiger partial charge in [0.05, 0.1) is 11.8 Å². The second-order valence-corrected chi connectivity index (χ2v) is 6.38. The zero-order chi connectivity index (χ0) is 14.5. The van der Waals surface area contributed by atoms with E-state index in [0.29, 0.717) is 25.3 Å². The summed E-state index contributed by atoms with van der Waals surface area (Å²) < 4.78 is 0. The van der Waals surface area contributed by atoms with E-state index >= 15 is 0 Å². The van der Waals surface area contributed by atoms with Gasteiger partial charge in [0, 0.05) is 6.54 Å². The van der Waals surface area contributed by atoms with Crippen molar-refractivity contribution in [1.82, 2.24) is 5.32 Å². The average molecular weight is 279 g/mol. The van der Waals surface area contributed by atoms with E-state index in [0.717, 1.165) is 5.92 Å². The van der Waals surface area contributed by atoms with Crippen LogP contribution in [0, 0.1) is 23.7 Å². The van der Waals surface area contributed by atoms with Gasteiger partial charge in [0.1, 0.15) is 0 Å². The first-order chi connectivity index (χ1) is 9.58. The molecule has 0 saturated heterocycles. The van der Waals surface area contributed by atoms with Crippen LogP contribution in [-0.2, 0) is 9.59 Å². The van der Waals surface area contributed by atoms with Crippen LogP contribution in [0.2, 0.25) is 0 Å². The van der Waals surface area contributed by atoms with Crippen LogP contribution in [-0.4, -0.2) is 23.5 Å². The maximum Gasteiger partial charge on any atom is 0.307 e. The van der Waals surface area contributed by atoms with Gasteiger partial charge in [-0.3, -0.25) is 9.59 Å². The van der Waals surface area contributed by atoms with Crippen LogP contribution in [0.15, 0.2) is 12.2 Å². The fourth-order valence-corrected chi connectivity index (χ4v) is 3.50. The topological polar surface area (TPSA) is 66.4 Å². The van der Waals surface area contributed by atoms with E-state index in [1.807, 2.05) is 12.2 Å². The molecule has 1 amide bonds. The fraction of sp³-hybridized carbons (Fsp3) is 0.750. The predicted molar refractivity (Wildman–Crippen MR) is 77.1 cm³/mol. The van der Waals surface area contributed by atoms with E-state index in [9.17, 15) is 14.7 Å². The summed E-state index contributed by atoms with van der Waals surface area (Å²) in [5.41, 5.74) is 0. The largest absolute Gasteiger partial charge is 0.481 e. The van der Waals surface area contributed by atoms with Crippen LogP contribution in [0.5, 0.6) is 0 Å². The monoisotopic (exact) mass is 279 g/mol. The van der Waals surface area contributed by atoms with Gasteiger partial charge in [-0.25, -0.2) is 0 Å². The molecule has 0 aliphatic heterocycles. The van der Waals surface area contributed by atoms with Crippen molar-refractivity contribution in [3.63, 3.8) is 0 Å². The van der Waals surface area contributed by atoms with Crippen molar-refractivity contribution in [1.29, 1.82) is 0 Å². The highest BCUT2D eigenvalue weighted by Gasteiger charge is 2.34. The van der Waals surface area contributed by atoms with Gasteiger partial charge in [0.25, 0.3) is 0 Å². The van der Waals surface area contributed by atoms with E-state index in [4.69, 9.17) is 0 Å². The predicted octanol–water partition coefficient (Wildman–Crippen LogP) is 2.60. The number of carbonyl (C=O) groups excluding carboxylic acids is 1. The normalized spacial score (nSPS) is 33.6. The Labute approximate surface area is 120 Å². The molecule has 1 fully saturated rings. The smallest absolute Gasteiger partial charge is 0.307 e. The summed E-state index contributed by atoms with van der Waals surface area (Å²) in [7, 11) is 0. The number of carboxylic acids is 1. The number of hydrogen-bond acceptors (Lipinski definition) is 2. The van der Waals surface area contributed by atoms with Crippen LogP contribution in [0.1, 0.15) is 45.4 Å². The molecule has 112 valence electrons. The van der Waals surface area contributed by atoms with Gasteiger partial charge < -0.3 is 10.4 Å². The van der Waals surface area contributed by atoms with Gasteiger partial charge in [-0.05, 0) is 37.5 Å². The van der Waals surface area contributed by atoms with E-state index < -0.39 is 17.8 Å². The molecule has 0 heterocycles. The third kappa shape index (κ3) is 3.84. The van der Waals surface area contributed by atoms with Crippen molar-refractivity contribution in [3.05, 3.63) is 12.2 Å². The van der Waals surface area contributed by atoms with Crippen LogP contribution < -0.4 is 5.32 Å².